The van der Waals surface area contributed by atoms with Crippen LogP contribution in [0.3, 0.4) is 0 Å². The largest absolute Gasteiger partial charge is 0.453 e. The van der Waals surface area contributed by atoms with Crippen LogP contribution >= 0.6 is 0 Å². The zero-order valence-corrected chi connectivity index (χ0v) is 10.6. The van der Waals surface area contributed by atoms with Gasteiger partial charge in [0.1, 0.15) is 0 Å². The molecule has 0 aromatic heterocycles. The van der Waals surface area contributed by atoms with E-state index in [1.807, 2.05) is 24.3 Å². The second-order valence-electron chi connectivity index (χ2n) is 3.92. The van der Waals surface area contributed by atoms with Gasteiger partial charge in [-0.15, -0.1) is 0 Å². The van der Waals surface area contributed by atoms with Gasteiger partial charge in [-0.05, 0) is 37.6 Å². The lowest BCUT2D eigenvalue weighted by atomic mass is 10.1. The van der Waals surface area contributed by atoms with Crippen molar-refractivity contribution in [3.63, 3.8) is 0 Å². The first-order chi connectivity index (χ1) is 8.17. The standard InChI is InChI=1S/C13H20N2O2/c1-4-8-14-10(2)11-6-5-7-12(9-11)15-13(16)17-3/h5-7,9-10,14H,4,8H2,1-3H3,(H,15,16). The van der Waals surface area contributed by atoms with Crippen molar-refractivity contribution in [3.8, 4) is 0 Å². The highest BCUT2D eigenvalue weighted by molar-refractivity contribution is 5.84. The summed E-state index contributed by atoms with van der Waals surface area (Å²) in [7, 11) is 1.35. The van der Waals surface area contributed by atoms with E-state index >= 15 is 0 Å². The Morgan fingerprint density at radius 3 is 2.88 bits per heavy atom. The van der Waals surface area contributed by atoms with Gasteiger partial charge in [-0.1, -0.05) is 19.1 Å². The van der Waals surface area contributed by atoms with Crippen LogP contribution < -0.4 is 10.6 Å². The van der Waals surface area contributed by atoms with Crippen molar-refractivity contribution in [2.45, 2.75) is 26.3 Å². The molecule has 0 heterocycles. The summed E-state index contributed by atoms with van der Waals surface area (Å²) >= 11 is 0. The number of ether oxygens (including phenoxy) is 1. The molecule has 2 N–H and O–H groups in total. The Kier molecular flexibility index (Phi) is 5.49. The number of methoxy groups -OCH3 is 1. The van der Waals surface area contributed by atoms with Crippen molar-refractivity contribution in [2.24, 2.45) is 0 Å². The topological polar surface area (TPSA) is 50.4 Å². The molecule has 1 amide bonds. The quantitative estimate of drug-likeness (QED) is 0.826. The second kappa shape index (κ2) is 6.91. The van der Waals surface area contributed by atoms with Gasteiger partial charge >= 0.3 is 6.09 Å². The van der Waals surface area contributed by atoms with Gasteiger partial charge in [0.2, 0.25) is 0 Å². The summed E-state index contributed by atoms with van der Waals surface area (Å²) in [4.78, 5) is 11.1. The summed E-state index contributed by atoms with van der Waals surface area (Å²) in [5.41, 5.74) is 1.90. The lowest BCUT2D eigenvalue weighted by molar-refractivity contribution is 0.187. The molecule has 1 rings (SSSR count). The summed E-state index contributed by atoms with van der Waals surface area (Å²) in [5, 5.41) is 6.05. The molecule has 0 aliphatic carbocycles. The van der Waals surface area contributed by atoms with Crippen LogP contribution in [0, 0.1) is 0 Å². The van der Waals surface area contributed by atoms with Crippen molar-refractivity contribution in [1.82, 2.24) is 5.32 Å². The van der Waals surface area contributed by atoms with E-state index in [2.05, 4.69) is 29.2 Å². The molecular formula is C13H20N2O2. The third-order valence-electron chi connectivity index (χ3n) is 2.52. The molecule has 94 valence electrons. The molecule has 4 nitrogen and oxygen atoms in total. The maximum Gasteiger partial charge on any atom is 0.411 e. The van der Waals surface area contributed by atoms with E-state index in [1.54, 1.807) is 0 Å². The third kappa shape index (κ3) is 4.44. The van der Waals surface area contributed by atoms with E-state index in [0.717, 1.165) is 24.2 Å². The van der Waals surface area contributed by atoms with E-state index in [-0.39, 0.29) is 6.04 Å². The minimum Gasteiger partial charge on any atom is -0.453 e. The van der Waals surface area contributed by atoms with Gasteiger partial charge in [-0.3, -0.25) is 5.32 Å². The number of carbonyl (C=O) groups is 1. The molecular weight excluding hydrogens is 216 g/mol. The molecule has 0 saturated heterocycles. The maximum absolute atomic E-state index is 11.1. The highest BCUT2D eigenvalue weighted by Crippen LogP contribution is 2.17. The zero-order chi connectivity index (χ0) is 12.7. The molecule has 17 heavy (non-hydrogen) atoms. The van der Waals surface area contributed by atoms with Crippen LogP contribution in [-0.4, -0.2) is 19.7 Å². The summed E-state index contributed by atoms with van der Waals surface area (Å²) in [6.07, 6.45) is 0.654. The number of hydrogen-bond donors (Lipinski definition) is 2. The summed E-state index contributed by atoms with van der Waals surface area (Å²) < 4.78 is 4.55. The minimum absolute atomic E-state index is 0.273. The van der Waals surface area contributed by atoms with Crippen LogP contribution in [0.5, 0.6) is 0 Å². The SMILES string of the molecule is CCCNC(C)c1cccc(NC(=O)OC)c1. The Morgan fingerprint density at radius 1 is 1.47 bits per heavy atom. The predicted octanol–water partition coefficient (Wildman–Crippen LogP) is 2.93. The van der Waals surface area contributed by atoms with E-state index in [0.29, 0.717) is 0 Å². The summed E-state index contributed by atoms with van der Waals surface area (Å²) in [6.45, 7) is 5.22. The Hall–Kier alpha value is -1.55. The van der Waals surface area contributed by atoms with Crippen molar-refractivity contribution >= 4 is 11.8 Å². The molecule has 1 aromatic carbocycles. The van der Waals surface area contributed by atoms with E-state index in [9.17, 15) is 4.79 Å². The number of rotatable bonds is 5. The minimum atomic E-state index is -0.448. The average molecular weight is 236 g/mol. The fourth-order valence-corrected chi connectivity index (χ4v) is 1.53. The molecule has 1 aromatic rings. The normalized spacial score (nSPS) is 11.9. The van der Waals surface area contributed by atoms with E-state index in [1.165, 1.54) is 7.11 Å². The third-order valence-corrected chi connectivity index (χ3v) is 2.52. The van der Waals surface area contributed by atoms with Gasteiger partial charge < -0.3 is 10.1 Å². The molecule has 0 spiro atoms. The lowest BCUT2D eigenvalue weighted by Gasteiger charge is -2.14. The molecule has 0 fully saturated rings. The lowest BCUT2D eigenvalue weighted by Crippen LogP contribution is -2.19. The van der Waals surface area contributed by atoms with E-state index < -0.39 is 6.09 Å². The number of carbonyl (C=O) groups excluding carboxylic acids is 1. The molecule has 1 atom stereocenters. The molecule has 0 aliphatic rings. The second-order valence-corrected chi connectivity index (χ2v) is 3.92. The number of amides is 1. The Bertz CT molecular complexity index is 366. The fourth-order valence-electron chi connectivity index (χ4n) is 1.53. The highest BCUT2D eigenvalue weighted by atomic mass is 16.5. The molecule has 0 aliphatic heterocycles. The fraction of sp³-hybridized carbons (Fsp3) is 0.462. The number of benzene rings is 1. The van der Waals surface area contributed by atoms with Crippen LogP contribution in [-0.2, 0) is 4.74 Å². The van der Waals surface area contributed by atoms with Gasteiger partial charge in [0.05, 0.1) is 7.11 Å². The van der Waals surface area contributed by atoms with Crippen molar-refractivity contribution in [2.75, 3.05) is 19.0 Å². The first-order valence-electron chi connectivity index (χ1n) is 5.85. The van der Waals surface area contributed by atoms with Gasteiger partial charge in [0, 0.05) is 11.7 Å². The monoisotopic (exact) mass is 236 g/mol. The van der Waals surface area contributed by atoms with Gasteiger partial charge in [-0.25, -0.2) is 4.79 Å². The van der Waals surface area contributed by atoms with Crippen molar-refractivity contribution < 1.29 is 9.53 Å². The molecule has 0 bridgehead atoms. The number of nitrogens with one attached hydrogen (secondary N) is 2. The van der Waals surface area contributed by atoms with Crippen LogP contribution in [0.1, 0.15) is 31.9 Å². The smallest absolute Gasteiger partial charge is 0.411 e. The first kappa shape index (κ1) is 13.5. The molecule has 0 radical (unpaired) electrons. The van der Waals surface area contributed by atoms with Gasteiger partial charge in [0.15, 0.2) is 0 Å². The first-order valence-corrected chi connectivity index (χ1v) is 5.85. The Labute approximate surface area is 102 Å². The summed E-state index contributed by atoms with van der Waals surface area (Å²) in [5.74, 6) is 0. The Balaban J connectivity index is 2.67. The molecule has 0 saturated carbocycles. The van der Waals surface area contributed by atoms with Crippen molar-refractivity contribution in [3.05, 3.63) is 29.8 Å². The van der Waals surface area contributed by atoms with E-state index in [4.69, 9.17) is 0 Å². The van der Waals surface area contributed by atoms with Gasteiger partial charge in [0.25, 0.3) is 0 Å². The van der Waals surface area contributed by atoms with Crippen molar-refractivity contribution in [1.29, 1.82) is 0 Å². The Morgan fingerprint density at radius 2 is 2.24 bits per heavy atom. The maximum atomic E-state index is 11.1. The van der Waals surface area contributed by atoms with Gasteiger partial charge in [-0.2, -0.15) is 0 Å². The zero-order valence-electron chi connectivity index (χ0n) is 10.6. The molecule has 1 unspecified atom stereocenters. The van der Waals surface area contributed by atoms with Crippen LogP contribution in [0.4, 0.5) is 10.5 Å². The van der Waals surface area contributed by atoms with Crippen LogP contribution in [0.2, 0.25) is 0 Å². The average Bonchev–Trinajstić information content (AvgIpc) is 2.36. The summed E-state index contributed by atoms with van der Waals surface area (Å²) in [6, 6.07) is 8.02. The predicted molar refractivity (Wildman–Crippen MR) is 69.2 cm³/mol. The number of hydrogen-bond acceptors (Lipinski definition) is 3. The number of anilines is 1. The highest BCUT2D eigenvalue weighted by Gasteiger charge is 2.06. The van der Waals surface area contributed by atoms with Crippen LogP contribution in [0.25, 0.3) is 0 Å². The molecule has 4 heteroatoms. The van der Waals surface area contributed by atoms with Crippen LogP contribution in [0.15, 0.2) is 24.3 Å².